The van der Waals surface area contributed by atoms with Gasteiger partial charge in [0.25, 0.3) is 0 Å². The van der Waals surface area contributed by atoms with Gasteiger partial charge in [-0.2, -0.15) is 0 Å². The average Bonchev–Trinajstić information content (AvgIpc) is 2.53. The minimum Gasteiger partial charge on any atom is -0.497 e. The van der Waals surface area contributed by atoms with Crippen molar-refractivity contribution in [3.63, 3.8) is 0 Å². The third-order valence-electron chi connectivity index (χ3n) is 3.41. The Morgan fingerprint density at radius 1 is 1.17 bits per heavy atom. The SMILES string of the molecule is COc1ccc(-c2cc(=O)[nH]c3nc(NC(C)=O)ccc23)cc1. The smallest absolute Gasteiger partial charge is 0.250 e. The highest BCUT2D eigenvalue weighted by molar-refractivity contribution is 5.94. The molecule has 0 aliphatic rings. The maximum Gasteiger partial charge on any atom is 0.250 e. The summed E-state index contributed by atoms with van der Waals surface area (Å²) in [5, 5.41) is 3.40. The molecular formula is C17H15N3O3. The van der Waals surface area contributed by atoms with E-state index in [0.717, 1.165) is 22.3 Å². The lowest BCUT2D eigenvalue weighted by molar-refractivity contribution is -0.114. The van der Waals surface area contributed by atoms with Crippen LogP contribution < -0.4 is 15.6 Å². The molecule has 0 fully saturated rings. The third-order valence-corrected chi connectivity index (χ3v) is 3.41. The number of rotatable bonds is 3. The summed E-state index contributed by atoms with van der Waals surface area (Å²) in [5.74, 6) is 0.923. The molecule has 0 aliphatic heterocycles. The summed E-state index contributed by atoms with van der Waals surface area (Å²) >= 11 is 0. The number of H-pyrrole nitrogens is 1. The first-order valence-electron chi connectivity index (χ1n) is 7.03. The summed E-state index contributed by atoms with van der Waals surface area (Å²) in [6.45, 7) is 1.41. The predicted octanol–water partition coefficient (Wildman–Crippen LogP) is 2.56. The molecule has 0 saturated heterocycles. The molecule has 0 atom stereocenters. The second-order valence-electron chi connectivity index (χ2n) is 5.05. The standard InChI is InChI=1S/C17H15N3O3/c1-10(21)18-15-8-7-13-14(9-16(22)20-17(13)19-15)11-3-5-12(23-2)6-4-11/h3-9H,1-2H3,(H2,18,19,20,21,22). The van der Waals surface area contributed by atoms with Crippen LogP contribution >= 0.6 is 0 Å². The first-order chi connectivity index (χ1) is 11.1. The minimum absolute atomic E-state index is 0.217. The molecule has 3 aromatic rings. The Morgan fingerprint density at radius 3 is 2.57 bits per heavy atom. The molecule has 0 spiro atoms. The molecule has 6 nitrogen and oxygen atoms in total. The molecule has 3 rings (SSSR count). The number of carbonyl (C=O) groups excluding carboxylic acids is 1. The van der Waals surface area contributed by atoms with Crippen molar-refractivity contribution in [2.24, 2.45) is 0 Å². The number of pyridine rings is 2. The number of nitrogens with one attached hydrogen (secondary N) is 2. The van der Waals surface area contributed by atoms with Gasteiger partial charge in [0.1, 0.15) is 17.2 Å². The molecule has 1 amide bonds. The highest BCUT2D eigenvalue weighted by atomic mass is 16.5. The Hall–Kier alpha value is -3.15. The quantitative estimate of drug-likeness (QED) is 0.779. The van der Waals surface area contributed by atoms with Gasteiger partial charge in [0.15, 0.2) is 0 Å². The molecule has 2 N–H and O–H groups in total. The Kier molecular flexibility index (Phi) is 3.80. The molecule has 23 heavy (non-hydrogen) atoms. The Labute approximate surface area is 132 Å². The van der Waals surface area contributed by atoms with E-state index in [4.69, 9.17) is 4.74 Å². The fourth-order valence-corrected chi connectivity index (χ4v) is 2.39. The van der Waals surface area contributed by atoms with Crippen LogP contribution in [0.15, 0.2) is 47.3 Å². The number of ether oxygens (including phenoxy) is 1. The van der Waals surface area contributed by atoms with E-state index in [9.17, 15) is 9.59 Å². The molecule has 0 radical (unpaired) electrons. The van der Waals surface area contributed by atoms with Crippen LogP contribution in [0.3, 0.4) is 0 Å². The number of nitrogens with zero attached hydrogens (tertiary/aromatic N) is 1. The summed E-state index contributed by atoms with van der Waals surface area (Å²) in [5.41, 5.74) is 1.83. The summed E-state index contributed by atoms with van der Waals surface area (Å²) in [7, 11) is 1.60. The summed E-state index contributed by atoms with van der Waals surface area (Å²) < 4.78 is 5.15. The number of benzene rings is 1. The van der Waals surface area contributed by atoms with E-state index < -0.39 is 0 Å². The lowest BCUT2D eigenvalue weighted by Crippen LogP contribution is -2.10. The number of aromatic amines is 1. The minimum atomic E-state index is -0.254. The molecule has 0 unspecified atom stereocenters. The Bertz CT molecular complexity index is 930. The lowest BCUT2D eigenvalue weighted by Gasteiger charge is -2.08. The van der Waals surface area contributed by atoms with Crippen molar-refractivity contribution in [1.82, 2.24) is 9.97 Å². The fraction of sp³-hybridized carbons (Fsp3) is 0.118. The number of aromatic nitrogens is 2. The van der Waals surface area contributed by atoms with Crippen LogP contribution in [0.1, 0.15) is 6.92 Å². The van der Waals surface area contributed by atoms with Crippen LogP contribution in [0.5, 0.6) is 5.75 Å². The summed E-state index contributed by atoms with van der Waals surface area (Å²) in [6, 6.07) is 12.5. The molecular weight excluding hydrogens is 294 g/mol. The Balaban J connectivity index is 2.16. The van der Waals surface area contributed by atoms with Crippen molar-refractivity contribution in [3.05, 3.63) is 52.8 Å². The number of methoxy groups -OCH3 is 1. The van der Waals surface area contributed by atoms with Crippen LogP contribution in [0.2, 0.25) is 0 Å². The lowest BCUT2D eigenvalue weighted by atomic mass is 10.0. The van der Waals surface area contributed by atoms with Crippen molar-refractivity contribution in [3.8, 4) is 16.9 Å². The maximum atomic E-state index is 11.9. The van der Waals surface area contributed by atoms with Crippen LogP contribution in [-0.2, 0) is 4.79 Å². The van der Waals surface area contributed by atoms with E-state index >= 15 is 0 Å². The van der Waals surface area contributed by atoms with Gasteiger partial charge in [-0.15, -0.1) is 0 Å². The van der Waals surface area contributed by atoms with Crippen molar-refractivity contribution in [1.29, 1.82) is 0 Å². The number of anilines is 1. The van der Waals surface area contributed by atoms with E-state index in [1.165, 1.54) is 13.0 Å². The fourth-order valence-electron chi connectivity index (χ4n) is 2.39. The first kappa shape index (κ1) is 14.8. The second-order valence-corrected chi connectivity index (χ2v) is 5.05. The van der Waals surface area contributed by atoms with Gasteiger partial charge in [-0.05, 0) is 35.4 Å². The van der Waals surface area contributed by atoms with Gasteiger partial charge in [-0.1, -0.05) is 12.1 Å². The normalized spacial score (nSPS) is 10.5. The van der Waals surface area contributed by atoms with E-state index in [1.54, 1.807) is 13.2 Å². The first-order valence-corrected chi connectivity index (χ1v) is 7.03. The van der Waals surface area contributed by atoms with Crippen LogP contribution in [0.25, 0.3) is 22.2 Å². The zero-order valence-electron chi connectivity index (χ0n) is 12.7. The number of fused-ring (bicyclic) bond motifs is 1. The second kappa shape index (κ2) is 5.92. The summed E-state index contributed by atoms with van der Waals surface area (Å²) in [6.07, 6.45) is 0. The van der Waals surface area contributed by atoms with Crippen LogP contribution in [0, 0.1) is 0 Å². The molecule has 1 aromatic carbocycles. The number of amides is 1. The molecule has 2 heterocycles. The largest absolute Gasteiger partial charge is 0.497 e. The average molecular weight is 309 g/mol. The van der Waals surface area contributed by atoms with Gasteiger partial charge in [0.2, 0.25) is 11.5 Å². The molecule has 0 saturated carbocycles. The maximum absolute atomic E-state index is 11.9. The van der Waals surface area contributed by atoms with Gasteiger partial charge in [0.05, 0.1) is 7.11 Å². The van der Waals surface area contributed by atoms with Crippen molar-refractivity contribution >= 4 is 22.8 Å². The van der Waals surface area contributed by atoms with Crippen molar-refractivity contribution in [2.45, 2.75) is 6.92 Å². The van der Waals surface area contributed by atoms with Crippen LogP contribution in [0.4, 0.5) is 5.82 Å². The molecule has 0 aliphatic carbocycles. The zero-order valence-corrected chi connectivity index (χ0v) is 12.7. The highest BCUT2D eigenvalue weighted by Crippen LogP contribution is 2.27. The monoisotopic (exact) mass is 309 g/mol. The van der Waals surface area contributed by atoms with Gasteiger partial charge < -0.3 is 15.0 Å². The van der Waals surface area contributed by atoms with Gasteiger partial charge in [0, 0.05) is 18.4 Å². The molecule has 2 aromatic heterocycles. The van der Waals surface area contributed by atoms with Crippen molar-refractivity contribution < 1.29 is 9.53 Å². The van der Waals surface area contributed by atoms with E-state index in [2.05, 4.69) is 15.3 Å². The van der Waals surface area contributed by atoms with E-state index in [-0.39, 0.29) is 11.5 Å². The Morgan fingerprint density at radius 2 is 1.91 bits per heavy atom. The number of hydrogen-bond acceptors (Lipinski definition) is 4. The third kappa shape index (κ3) is 3.06. The molecule has 0 bridgehead atoms. The van der Waals surface area contributed by atoms with Crippen LogP contribution in [-0.4, -0.2) is 23.0 Å². The van der Waals surface area contributed by atoms with E-state index in [0.29, 0.717) is 11.5 Å². The van der Waals surface area contributed by atoms with Crippen molar-refractivity contribution in [2.75, 3.05) is 12.4 Å². The van der Waals surface area contributed by atoms with Gasteiger partial charge in [-0.25, -0.2) is 4.98 Å². The zero-order chi connectivity index (χ0) is 16.4. The van der Waals surface area contributed by atoms with Gasteiger partial charge >= 0.3 is 0 Å². The van der Waals surface area contributed by atoms with E-state index in [1.807, 2.05) is 30.3 Å². The number of carbonyl (C=O) groups is 1. The van der Waals surface area contributed by atoms with Gasteiger partial charge in [-0.3, -0.25) is 9.59 Å². The highest BCUT2D eigenvalue weighted by Gasteiger charge is 2.09. The topological polar surface area (TPSA) is 84.1 Å². The predicted molar refractivity (Wildman–Crippen MR) is 88.7 cm³/mol. The summed E-state index contributed by atoms with van der Waals surface area (Å²) in [4.78, 5) is 30.0. The molecule has 6 heteroatoms. The molecule has 116 valence electrons. The number of hydrogen-bond donors (Lipinski definition) is 2.